The van der Waals surface area contributed by atoms with E-state index in [0.29, 0.717) is 12.6 Å². The third kappa shape index (κ3) is 2.80. The van der Waals surface area contributed by atoms with Crippen molar-refractivity contribution in [2.45, 2.75) is 37.1 Å². The standard InChI is InChI=1S/C15H18N4OS2/c20-14(13-4-3-12(22-13)11-2-1-5-16-11)17-8-10-9-19-6-7-21-15(19)18-10/h3-4,9,11,16H,1-2,5-8H2,(H,17,20)/t11-/m1/s1. The number of carbonyl (C=O) groups excluding carboxylic acids is 1. The molecule has 4 heterocycles. The summed E-state index contributed by atoms with van der Waals surface area (Å²) in [4.78, 5) is 18.8. The van der Waals surface area contributed by atoms with Gasteiger partial charge in [0.2, 0.25) is 0 Å². The lowest BCUT2D eigenvalue weighted by Crippen LogP contribution is -2.22. The Hall–Kier alpha value is -1.31. The summed E-state index contributed by atoms with van der Waals surface area (Å²) in [5, 5.41) is 7.51. The SMILES string of the molecule is O=C(NCc1cn2c(n1)SCC2)c1ccc([C@H]2CCCN2)s1. The predicted molar refractivity (Wildman–Crippen MR) is 88.4 cm³/mol. The Labute approximate surface area is 137 Å². The van der Waals surface area contributed by atoms with Crippen LogP contribution < -0.4 is 10.6 Å². The van der Waals surface area contributed by atoms with Crippen LogP contribution in [-0.4, -0.2) is 27.8 Å². The maximum atomic E-state index is 12.3. The monoisotopic (exact) mass is 334 g/mol. The van der Waals surface area contributed by atoms with Crippen molar-refractivity contribution in [3.63, 3.8) is 0 Å². The molecule has 2 N–H and O–H groups in total. The van der Waals surface area contributed by atoms with Crippen molar-refractivity contribution in [3.05, 3.63) is 33.8 Å². The summed E-state index contributed by atoms with van der Waals surface area (Å²) in [5.41, 5.74) is 0.935. The van der Waals surface area contributed by atoms with E-state index in [2.05, 4.69) is 26.3 Å². The number of hydrogen-bond acceptors (Lipinski definition) is 5. The van der Waals surface area contributed by atoms with Crippen LogP contribution in [0.2, 0.25) is 0 Å². The zero-order valence-corrected chi connectivity index (χ0v) is 13.8. The molecule has 0 aliphatic carbocycles. The topological polar surface area (TPSA) is 59.0 Å². The first kappa shape index (κ1) is 14.3. The first-order valence-corrected chi connectivity index (χ1v) is 9.40. The normalized spacial score (nSPS) is 20.3. The summed E-state index contributed by atoms with van der Waals surface area (Å²) in [7, 11) is 0. The van der Waals surface area contributed by atoms with Gasteiger partial charge in [-0.1, -0.05) is 11.8 Å². The summed E-state index contributed by atoms with van der Waals surface area (Å²) < 4.78 is 2.15. The maximum Gasteiger partial charge on any atom is 0.261 e. The molecule has 2 aliphatic heterocycles. The molecule has 1 atom stereocenters. The van der Waals surface area contributed by atoms with E-state index in [1.165, 1.54) is 17.7 Å². The van der Waals surface area contributed by atoms with Crippen LogP contribution >= 0.6 is 23.1 Å². The molecule has 0 unspecified atom stereocenters. The minimum Gasteiger partial charge on any atom is -0.346 e. The van der Waals surface area contributed by atoms with Crippen LogP contribution in [0, 0.1) is 0 Å². The van der Waals surface area contributed by atoms with Gasteiger partial charge in [0.25, 0.3) is 5.91 Å². The van der Waals surface area contributed by atoms with Crippen LogP contribution in [0.25, 0.3) is 0 Å². The molecule has 0 spiro atoms. The second kappa shape index (κ2) is 6.06. The van der Waals surface area contributed by atoms with Gasteiger partial charge in [0.05, 0.1) is 17.1 Å². The van der Waals surface area contributed by atoms with E-state index in [1.54, 1.807) is 23.1 Å². The van der Waals surface area contributed by atoms with E-state index < -0.39 is 0 Å². The molecule has 0 aromatic carbocycles. The molecule has 2 aromatic heterocycles. The van der Waals surface area contributed by atoms with Crippen molar-refractivity contribution in [1.82, 2.24) is 20.2 Å². The second-order valence-corrected chi connectivity index (χ2v) is 7.77. The Morgan fingerprint density at radius 1 is 1.50 bits per heavy atom. The molecule has 2 aliphatic rings. The van der Waals surface area contributed by atoms with Gasteiger partial charge in [-0.15, -0.1) is 11.3 Å². The van der Waals surface area contributed by atoms with Gasteiger partial charge < -0.3 is 15.2 Å². The number of amides is 1. The minimum absolute atomic E-state index is 0.00457. The van der Waals surface area contributed by atoms with E-state index in [4.69, 9.17) is 0 Å². The molecule has 4 rings (SSSR count). The summed E-state index contributed by atoms with van der Waals surface area (Å²) in [6.45, 7) is 2.59. The molecule has 7 heteroatoms. The van der Waals surface area contributed by atoms with E-state index in [0.717, 1.165) is 34.6 Å². The second-order valence-electron chi connectivity index (χ2n) is 5.59. The van der Waals surface area contributed by atoms with Crippen molar-refractivity contribution in [3.8, 4) is 0 Å². The van der Waals surface area contributed by atoms with Crippen LogP contribution in [-0.2, 0) is 13.1 Å². The van der Waals surface area contributed by atoms with Gasteiger partial charge >= 0.3 is 0 Å². The number of imidazole rings is 1. The van der Waals surface area contributed by atoms with Crippen molar-refractivity contribution in [1.29, 1.82) is 0 Å². The van der Waals surface area contributed by atoms with Gasteiger partial charge in [-0.25, -0.2) is 4.98 Å². The van der Waals surface area contributed by atoms with Gasteiger partial charge in [-0.2, -0.15) is 0 Å². The fourth-order valence-electron chi connectivity index (χ4n) is 2.89. The van der Waals surface area contributed by atoms with E-state index in [-0.39, 0.29) is 5.91 Å². The van der Waals surface area contributed by atoms with Crippen molar-refractivity contribution >= 4 is 29.0 Å². The Kier molecular flexibility index (Phi) is 3.94. The van der Waals surface area contributed by atoms with Crippen LogP contribution in [0.5, 0.6) is 0 Å². The summed E-state index contributed by atoms with van der Waals surface area (Å²) in [6.07, 6.45) is 4.42. The number of aryl methyl sites for hydroxylation is 1. The van der Waals surface area contributed by atoms with Crippen molar-refractivity contribution in [2.75, 3.05) is 12.3 Å². The van der Waals surface area contributed by atoms with Crippen molar-refractivity contribution < 1.29 is 4.79 Å². The van der Waals surface area contributed by atoms with Crippen LogP contribution in [0.1, 0.15) is 39.1 Å². The molecule has 0 bridgehead atoms. The molecule has 1 saturated heterocycles. The Balaban J connectivity index is 1.37. The fourth-order valence-corrected chi connectivity index (χ4v) is 4.89. The highest BCUT2D eigenvalue weighted by atomic mass is 32.2. The molecular formula is C15H18N4OS2. The number of hydrogen-bond donors (Lipinski definition) is 2. The molecule has 116 valence electrons. The lowest BCUT2D eigenvalue weighted by molar-refractivity contribution is 0.0954. The molecule has 2 aromatic rings. The molecule has 22 heavy (non-hydrogen) atoms. The quantitative estimate of drug-likeness (QED) is 0.901. The number of fused-ring (bicyclic) bond motifs is 1. The number of rotatable bonds is 4. The predicted octanol–water partition coefficient (Wildman–Crippen LogP) is 2.40. The smallest absolute Gasteiger partial charge is 0.261 e. The molecule has 1 amide bonds. The average Bonchev–Trinajstić information content (AvgIpc) is 3.26. The van der Waals surface area contributed by atoms with Crippen LogP contribution in [0.3, 0.4) is 0 Å². The van der Waals surface area contributed by atoms with Crippen LogP contribution in [0.4, 0.5) is 0 Å². The Bertz CT molecular complexity index is 666. The average molecular weight is 334 g/mol. The fraction of sp³-hybridized carbons (Fsp3) is 0.467. The molecule has 5 nitrogen and oxygen atoms in total. The van der Waals surface area contributed by atoms with E-state index >= 15 is 0 Å². The Morgan fingerprint density at radius 2 is 2.45 bits per heavy atom. The largest absolute Gasteiger partial charge is 0.346 e. The number of aromatic nitrogens is 2. The van der Waals surface area contributed by atoms with Crippen LogP contribution in [0.15, 0.2) is 23.5 Å². The molecule has 1 fully saturated rings. The van der Waals surface area contributed by atoms with Gasteiger partial charge in [0.15, 0.2) is 5.16 Å². The summed E-state index contributed by atoms with van der Waals surface area (Å²) in [6, 6.07) is 4.43. The lowest BCUT2D eigenvalue weighted by atomic mass is 10.2. The number of nitrogens with one attached hydrogen (secondary N) is 2. The molecule has 0 saturated carbocycles. The third-order valence-corrected chi connectivity index (χ3v) is 6.21. The first-order chi connectivity index (χ1) is 10.8. The zero-order chi connectivity index (χ0) is 14.9. The minimum atomic E-state index is -0.00457. The van der Waals surface area contributed by atoms with Gasteiger partial charge in [-0.3, -0.25) is 4.79 Å². The highest BCUT2D eigenvalue weighted by Gasteiger charge is 2.20. The number of carbonyl (C=O) groups is 1. The highest BCUT2D eigenvalue weighted by Crippen LogP contribution is 2.29. The van der Waals surface area contributed by atoms with Gasteiger partial charge in [-0.05, 0) is 31.5 Å². The number of thioether (sulfide) groups is 1. The van der Waals surface area contributed by atoms with Crippen molar-refractivity contribution in [2.24, 2.45) is 0 Å². The zero-order valence-electron chi connectivity index (χ0n) is 12.2. The molecule has 0 radical (unpaired) electrons. The summed E-state index contributed by atoms with van der Waals surface area (Å²) >= 11 is 3.36. The highest BCUT2D eigenvalue weighted by molar-refractivity contribution is 7.99. The molecular weight excluding hydrogens is 316 g/mol. The lowest BCUT2D eigenvalue weighted by Gasteiger charge is -2.06. The summed E-state index contributed by atoms with van der Waals surface area (Å²) in [5.74, 6) is 1.09. The maximum absolute atomic E-state index is 12.3. The Morgan fingerprint density at radius 3 is 3.27 bits per heavy atom. The van der Waals surface area contributed by atoms with Gasteiger partial charge in [0, 0.05) is 29.4 Å². The first-order valence-electron chi connectivity index (χ1n) is 7.60. The number of nitrogens with zero attached hydrogens (tertiary/aromatic N) is 2. The number of thiophene rings is 1. The van der Waals surface area contributed by atoms with Gasteiger partial charge in [0.1, 0.15) is 0 Å². The van der Waals surface area contributed by atoms with E-state index in [9.17, 15) is 4.79 Å². The third-order valence-electron chi connectivity index (χ3n) is 4.04. The van der Waals surface area contributed by atoms with E-state index in [1.807, 2.05) is 12.3 Å².